The van der Waals surface area contributed by atoms with Gasteiger partial charge in [-0.05, 0) is 88.8 Å². The number of nitriles is 1. The fraction of sp³-hybridized carbons (Fsp3) is 0.0800. The zero-order valence-electron chi connectivity index (χ0n) is 17.8. The lowest BCUT2D eigenvalue weighted by molar-refractivity contribution is -0.112. The number of rotatable bonds is 7. The van der Waals surface area contributed by atoms with Crippen LogP contribution in [-0.4, -0.2) is 26.1 Å². The number of nitrogens with one attached hydrogen (secondary N) is 1. The van der Waals surface area contributed by atoms with Crippen molar-refractivity contribution in [1.82, 2.24) is 0 Å². The Kier molecular flexibility index (Phi) is 8.05. The summed E-state index contributed by atoms with van der Waals surface area (Å²) in [5, 5.41) is 12.2. The fourth-order valence-corrected chi connectivity index (χ4v) is 3.37. The van der Waals surface area contributed by atoms with Crippen LogP contribution in [0.4, 0.5) is 5.69 Å². The van der Waals surface area contributed by atoms with Gasteiger partial charge in [0.15, 0.2) is 11.5 Å². The van der Waals surface area contributed by atoms with Crippen LogP contribution < -0.4 is 19.5 Å². The number of carbonyl (C=O) groups excluding carboxylic acids is 2. The van der Waals surface area contributed by atoms with E-state index in [1.807, 2.05) is 18.2 Å². The quantitative estimate of drug-likeness (QED) is 0.144. The minimum absolute atomic E-state index is 0.0844. The largest absolute Gasteiger partial charge is 0.497 e. The summed E-state index contributed by atoms with van der Waals surface area (Å²) in [4.78, 5) is 25.0. The van der Waals surface area contributed by atoms with Gasteiger partial charge in [0.1, 0.15) is 17.4 Å². The van der Waals surface area contributed by atoms with Gasteiger partial charge in [-0.2, -0.15) is 5.26 Å². The van der Waals surface area contributed by atoms with Gasteiger partial charge in [0.25, 0.3) is 5.91 Å². The van der Waals surface area contributed by atoms with Crippen LogP contribution in [0.2, 0.25) is 0 Å². The van der Waals surface area contributed by atoms with Gasteiger partial charge in [0, 0.05) is 9.26 Å². The second-order valence-electron chi connectivity index (χ2n) is 6.66. The number of hydrogen-bond acceptors (Lipinski definition) is 6. The molecule has 0 radical (unpaired) electrons. The van der Waals surface area contributed by atoms with E-state index in [1.165, 1.54) is 20.3 Å². The average Bonchev–Trinajstić information content (AvgIpc) is 2.83. The summed E-state index contributed by atoms with van der Waals surface area (Å²) in [5.74, 6) is 0.0140. The van der Waals surface area contributed by atoms with E-state index in [2.05, 4.69) is 27.9 Å². The molecule has 3 rings (SSSR count). The molecule has 0 heterocycles. The average molecular weight is 554 g/mol. The highest BCUT2D eigenvalue weighted by molar-refractivity contribution is 14.1. The molecule has 0 bridgehead atoms. The zero-order chi connectivity index (χ0) is 23.8. The van der Waals surface area contributed by atoms with Crippen LogP contribution in [0.25, 0.3) is 6.08 Å². The number of anilines is 1. The molecule has 1 amide bonds. The Morgan fingerprint density at radius 2 is 1.73 bits per heavy atom. The van der Waals surface area contributed by atoms with Gasteiger partial charge >= 0.3 is 5.97 Å². The van der Waals surface area contributed by atoms with Gasteiger partial charge in [-0.25, -0.2) is 4.79 Å². The highest BCUT2D eigenvalue weighted by atomic mass is 127. The van der Waals surface area contributed by atoms with E-state index in [9.17, 15) is 14.9 Å². The summed E-state index contributed by atoms with van der Waals surface area (Å²) < 4.78 is 16.8. The number of carbonyl (C=O) groups is 2. The fourth-order valence-electron chi connectivity index (χ4n) is 2.82. The monoisotopic (exact) mass is 554 g/mol. The molecule has 0 aliphatic heterocycles. The van der Waals surface area contributed by atoms with Crippen molar-refractivity contribution in [2.45, 2.75) is 0 Å². The first kappa shape index (κ1) is 23.8. The lowest BCUT2D eigenvalue weighted by atomic mass is 10.1. The third-order valence-corrected chi connectivity index (χ3v) is 5.15. The lowest BCUT2D eigenvalue weighted by Crippen LogP contribution is -2.13. The molecule has 33 heavy (non-hydrogen) atoms. The van der Waals surface area contributed by atoms with Gasteiger partial charge in [-0.1, -0.05) is 12.1 Å². The molecule has 0 aliphatic rings. The minimum Gasteiger partial charge on any atom is -0.497 e. The number of esters is 1. The molecule has 1 N–H and O–H groups in total. The normalized spacial score (nSPS) is 10.7. The predicted octanol–water partition coefficient (Wildman–Crippen LogP) is 5.07. The molecule has 0 spiro atoms. The minimum atomic E-state index is -0.561. The molecule has 0 fully saturated rings. The number of nitrogens with zero attached hydrogens (tertiary/aromatic N) is 1. The Labute approximate surface area is 204 Å². The summed E-state index contributed by atoms with van der Waals surface area (Å²) in [7, 11) is 2.97. The van der Waals surface area contributed by atoms with Gasteiger partial charge in [-0.3, -0.25) is 4.79 Å². The van der Waals surface area contributed by atoms with Crippen LogP contribution in [0.3, 0.4) is 0 Å². The smallest absolute Gasteiger partial charge is 0.343 e. The van der Waals surface area contributed by atoms with Crippen molar-refractivity contribution in [3.63, 3.8) is 0 Å². The number of amides is 1. The van der Waals surface area contributed by atoms with Crippen LogP contribution in [0, 0.1) is 14.9 Å². The summed E-state index contributed by atoms with van der Waals surface area (Å²) in [6.45, 7) is 0. The molecule has 166 valence electrons. The molecule has 0 unspecified atom stereocenters. The first-order chi connectivity index (χ1) is 15.9. The number of methoxy groups -OCH3 is 2. The number of ether oxygens (including phenoxy) is 3. The molecule has 0 aliphatic carbocycles. The first-order valence-electron chi connectivity index (χ1n) is 9.66. The molecule has 0 saturated carbocycles. The Morgan fingerprint density at radius 3 is 2.36 bits per heavy atom. The van der Waals surface area contributed by atoms with Crippen LogP contribution in [-0.2, 0) is 4.79 Å². The SMILES string of the molecule is COc1ccc(C(=O)Oc2ccc(/C=C(\C#N)C(=O)Nc3cccc(I)c3)cc2OC)cc1. The summed E-state index contributed by atoms with van der Waals surface area (Å²) in [6, 6.07) is 20.4. The van der Waals surface area contributed by atoms with Crippen molar-refractivity contribution in [3.05, 3.63) is 87.0 Å². The van der Waals surface area contributed by atoms with Gasteiger partial charge < -0.3 is 19.5 Å². The lowest BCUT2D eigenvalue weighted by Gasteiger charge is -2.10. The van der Waals surface area contributed by atoms with Crippen molar-refractivity contribution >= 4 is 46.2 Å². The van der Waals surface area contributed by atoms with Gasteiger partial charge in [0.2, 0.25) is 0 Å². The van der Waals surface area contributed by atoms with Crippen LogP contribution >= 0.6 is 22.6 Å². The molecular formula is C25H19IN2O5. The Hall–Kier alpha value is -3.84. The van der Waals surface area contributed by atoms with Crippen LogP contribution in [0.1, 0.15) is 15.9 Å². The van der Waals surface area contributed by atoms with E-state index in [0.29, 0.717) is 22.6 Å². The molecule has 3 aromatic rings. The zero-order valence-corrected chi connectivity index (χ0v) is 20.0. The van der Waals surface area contributed by atoms with E-state index < -0.39 is 11.9 Å². The van der Waals surface area contributed by atoms with E-state index >= 15 is 0 Å². The van der Waals surface area contributed by atoms with Crippen molar-refractivity contribution in [2.24, 2.45) is 0 Å². The maximum absolute atomic E-state index is 12.5. The number of benzene rings is 3. The highest BCUT2D eigenvalue weighted by Gasteiger charge is 2.14. The molecule has 0 saturated heterocycles. The molecule has 0 aromatic heterocycles. The van der Waals surface area contributed by atoms with E-state index in [1.54, 1.807) is 54.6 Å². The topological polar surface area (TPSA) is 97.7 Å². The highest BCUT2D eigenvalue weighted by Crippen LogP contribution is 2.30. The number of halogens is 1. The van der Waals surface area contributed by atoms with Gasteiger partial charge in [-0.15, -0.1) is 0 Å². The van der Waals surface area contributed by atoms with Crippen LogP contribution in [0.15, 0.2) is 72.3 Å². The first-order valence-corrected chi connectivity index (χ1v) is 10.7. The molecule has 8 heteroatoms. The summed E-state index contributed by atoms with van der Waals surface area (Å²) in [6.07, 6.45) is 1.43. The predicted molar refractivity (Wildman–Crippen MR) is 132 cm³/mol. The molecule has 3 aromatic carbocycles. The number of hydrogen-bond donors (Lipinski definition) is 1. The van der Waals surface area contributed by atoms with Crippen molar-refractivity contribution in [3.8, 4) is 23.3 Å². The molecule has 7 nitrogen and oxygen atoms in total. The molecule has 0 atom stereocenters. The summed E-state index contributed by atoms with van der Waals surface area (Å²) >= 11 is 2.14. The Morgan fingerprint density at radius 1 is 0.970 bits per heavy atom. The third kappa shape index (κ3) is 6.33. The molecular weight excluding hydrogens is 535 g/mol. The summed E-state index contributed by atoms with van der Waals surface area (Å²) in [5.41, 5.74) is 1.39. The van der Waals surface area contributed by atoms with Crippen molar-refractivity contribution in [1.29, 1.82) is 5.26 Å². The van der Waals surface area contributed by atoms with E-state index in [0.717, 1.165) is 3.57 Å². The maximum Gasteiger partial charge on any atom is 0.343 e. The second-order valence-corrected chi connectivity index (χ2v) is 7.91. The third-order valence-electron chi connectivity index (χ3n) is 4.47. The Balaban J connectivity index is 1.78. The van der Waals surface area contributed by atoms with Gasteiger partial charge in [0.05, 0.1) is 19.8 Å². The maximum atomic E-state index is 12.5. The van der Waals surface area contributed by atoms with E-state index in [4.69, 9.17) is 14.2 Å². The van der Waals surface area contributed by atoms with E-state index in [-0.39, 0.29) is 17.1 Å². The standard InChI is InChI=1S/C25H19IN2O5/c1-31-21-9-7-17(8-10-21)25(30)33-22-11-6-16(13-23(22)32-2)12-18(15-27)24(29)28-20-5-3-4-19(26)14-20/h3-14H,1-2H3,(H,28,29)/b18-12+. The van der Waals surface area contributed by atoms with Crippen LogP contribution in [0.5, 0.6) is 17.2 Å². The van der Waals surface area contributed by atoms with Crippen molar-refractivity contribution in [2.75, 3.05) is 19.5 Å². The second kappa shape index (κ2) is 11.2. The Bertz CT molecular complexity index is 1250. The van der Waals surface area contributed by atoms with Crippen molar-refractivity contribution < 1.29 is 23.8 Å².